The second kappa shape index (κ2) is 6.61. The highest BCUT2D eigenvalue weighted by atomic mass is 32.2. The number of amides is 1. The zero-order valence-corrected chi connectivity index (χ0v) is 16.2. The van der Waals surface area contributed by atoms with Crippen molar-refractivity contribution in [2.45, 2.75) is 62.5 Å². The molecule has 1 unspecified atom stereocenters. The van der Waals surface area contributed by atoms with Crippen LogP contribution in [0.3, 0.4) is 0 Å². The number of thioether (sulfide) groups is 1. The van der Waals surface area contributed by atoms with Gasteiger partial charge in [0, 0.05) is 25.0 Å². The molecule has 0 spiro atoms. The van der Waals surface area contributed by atoms with Crippen LogP contribution in [-0.4, -0.2) is 44.7 Å². The van der Waals surface area contributed by atoms with Gasteiger partial charge in [-0.2, -0.15) is 0 Å². The smallest absolute Gasteiger partial charge is 0.336 e. The zero-order valence-electron chi connectivity index (χ0n) is 15.4. The molecule has 2 saturated heterocycles. The maximum absolute atomic E-state index is 13.3. The van der Waals surface area contributed by atoms with Gasteiger partial charge in [0.05, 0.1) is 11.8 Å². The van der Waals surface area contributed by atoms with Crippen molar-refractivity contribution >= 4 is 29.6 Å². The van der Waals surface area contributed by atoms with Crippen LogP contribution >= 0.6 is 11.8 Å². The van der Waals surface area contributed by atoms with E-state index in [9.17, 15) is 14.4 Å². The fourth-order valence-electron chi connectivity index (χ4n) is 3.78. The summed E-state index contributed by atoms with van der Waals surface area (Å²) in [5, 5.41) is -0.0298. The number of β-lactam (4-membered cyclic amide) rings is 1. The molecule has 3 atom stereocenters. The maximum atomic E-state index is 13.3. The average molecular weight is 377 g/mol. The topological polar surface area (TPSA) is 72.9 Å². The standard InChI is InChI=1S/C19H23NO5S/c1-12(21)24-13(2)25-17(23)19(11-14-8-6-5-7-9-14)18(3,4)26-16-10-15(22)20(16)19/h5-9,13,16H,10-11H2,1-4H3/t13?,16-,19+/m1/s1. The molecule has 0 saturated carbocycles. The number of rotatable bonds is 5. The molecule has 2 aliphatic heterocycles. The quantitative estimate of drug-likeness (QED) is 0.446. The normalized spacial score (nSPS) is 27.3. The fraction of sp³-hybridized carbons (Fsp3) is 0.526. The summed E-state index contributed by atoms with van der Waals surface area (Å²) < 4.78 is 9.88. The molecule has 1 amide bonds. The molecular formula is C19H23NO5S. The van der Waals surface area contributed by atoms with Gasteiger partial charge >= 0.3 is 11.9 Å². The number of carbonyl (C=O) groups excluding carboxylic acids is 3. The molecule has 7 heteroatoms. The summed E-state index contributed by atoms with van der Waals surface area (Å²) in [6.45, 7) is 6.68. The zero-order chi connectivity index (χ0) is 19.1. The summed E-state index contributed by atoms with van der Waals surface area (Å²) in [5.41, 5.74) is -0.202. The number of carbonyl (C=O) groups is 3. The lowest BCUT2D eigenvalue weighted by Crippen LogP contribution is -2.68. The van der Waals surface area contributed by atoms with Crippen molar-refractivity contribution < 1.29 is 23.9 Å². The van der Waals surface area contributed by atoms with Gasteiger partial charge in [-0.25, -0.2) is 4.79 Å². The second-order valence-electron chi connectivity index (χ2n) is 7.16. The van der Waals surface area contributed by atoms with Crippen molar-refractivity contribution in [3.63, 3.8) is 0 Å². The third-order valence-corrected chi connectivity index (χ3v) is 6.57. The summed E-state index contributed by atoms with van der Waals surface area (Å²) in [6, 6.07) is 9.58. The number of hydrogen-bond donors (Lipinski definition) is 0. The first-order chi connectivity index (χ1) is 12.2. The predicted molar refractivity (Wildman–Crippen MR) is 97.1 cm³/mol. The third-order valence-electron chi connectivity index (χ3n) is 4.99. The van der Waals surface area contributed by atoms with Crippen LogP contribution in [0.5, 0.6) is 0 Å². The Balaban J connectivity index is 1.98. The number of hydrogen-bond acceptors (Lipinski definition) is 6. The molecule has 2 aliphatic rings. The Morgan fingerprint density at radius 3 is 2.50 bits per heavy atom. The Hall–Kier alpha value is -2.02. The van der Waals surface area contributed by atoms with E-state index in [0.29, 0.717) is 12.8 Å². The van der Waals surface area contributed by atoms with E-state index < -0.39 is 28.5 Å². The van der Waals surface area contributed by atoms with Gasteiger partial charge in [-0.3, -0.25) is 9.59 Å². The highest BCUT2D eigenvalue weighted by Gasteiger charge is 2.69. The second-order valence-corrected chi connectivity index (χ2v) is 8.96. The molecule has 6 nitrogen and oxygen atoms in total. The minimum atomic E-state index is -1.15. The molecule has 1 aromatic rings. The third kappa shape index (κ3) is 2.98. The molecule has 0 aliphatic carbocycles. The summed E-state index contributed by atoms with van der Waals surface area (Å²) in [6.07, 6.45) is -0.233. The highest BCUT2D eigenvalue weighted by Crippen LogP contribution is 2.58. The summed E-state index contributed by atoms with van der Waals surface area (Å²) in [4.78, 5) is 38.5. The predicted octanol–water partition coefficient (Wildman–Crippen LogP) is 2.50. The van der Waals surface area contributed by atoms with E-state index in [1.165, 1.54) is 13.8 Å². The Labute approximate surface area is 157 Å². The molecule has 2 heterocycles. The number of fused-ring (bicyclic) bond motifs is 1. The van der Waals surface area contributed by atoms with E-state index in [2.05, 4.69) is 0 Å². The number of ether oxygens (including phenoxy) is 2. The lowest BCUT2D eigenvalue weighted by Gasteiger charge is -2.47. The van der Waals surface area contributed by atoms with Crippen LogP contribution in [0.2, 0.25) is 0 Å². The minimum absolute atomic E-state index is 0.0298. The SMILES string of the molecule is CC(=O)OC(C)OC(=O)[C@]1(Cc2ccccc2)N2C(=O)C[C@H]2SC1(C)C. The van der Waals surface area contributed by atoms with Gasteiger partial charge in [-0.1, -0.05) is 30.3 Å². The number of esters is 2. The Morgan fingerprint density at radius 2 is 1.92 bits per heavy atom. The highest BCUT2D eigenvalue weighted by molar-refractivity contribution is 8.01. The monoisotopic (exact) mass is 377 g/mol. The molecule has 0 radical (unpaired) electrons. The van der Waals surface area contributed by atoms with Crippen LogP contribution in [0.25, 0.3) is 0 Å². The molecule has 0 N–H and O–H groups in total. The summed E-state index contributed by atoms with van der Waals surface area (Å²) >= 11 is 1.61. The summed E-state index contributed by atoms with van der Waals surface area (Å²) in [5.74, 6) is -1.12. The van der Waals surface area contributed by atoms with E-state index in [1.54, 1.807) is 16.7 Å². The van der Waals surface area contributed by atoms with Gasteiger partial charge in [-0.15, -0.1) is 11.8 Å². The van der Waals surface area contributed by atoms with Crippen molar-refractivity contribution in [3.8, 4) is 0 Å². The molecule has 26 heavy (non-hydrogen) atoms. The molecule has 140 valence electrons. The van der Waals surface area contributed by atoms with Crippen LogP contribution in [0.4, 0.5) is 0 Å². The van der Waals surface area contributed by atoms with Crippen molar-refractivity contribution in [1.82, 2.24) is 4.90 Å². The summed E-state index contributed by atoms with van der Waals surface area (Å²) in [7, 11) is 0. The lowest BCUT2D eigenvalue weighted by atomic mass is 9.77. The van der Waals surface area contributed by atoms with Gasteiger partial charge < -0.3 is 14.4 Å². The first kappa shape index (κ1) is 18.8. The molecule has 0 bridgehead atoms. The van der Waals surface area contributed by atoms with E-state index in [1.807, 2.05) is 44.2 Å². The number of benzene rings is 1. The van der Waals surface area contributed by atoms with Crippen molar-refractivity contribution in [1.29, 1.82) is 0 Å². The van der Waals surface area contributed by atoms with Gasteiger partial charge in [0.1, 0.15) is 0 Å². The fourth-order valence-corrected chi connectivity index (χ4v) is 5.54. The first-order valence-corrected chi connectivity index (χ1v) is 9.47. The van der Waals surface area contributed by atoms with E-state index in [-0.39, 0.29) is 11.3 Å². The molecule has 1 aromatic carbocycles. The molecule has 3 rings (SSSR count). The van der Waals surface area contributed by atoms with Crippen LogP contribution in [0, 0.1) is 0 Å². The number of nitrogens with zero attached hydrogens (tertiary/aromatic N) is 1. The van der Waals surface area contributed by atoms with Gasteiger partial charge in [0.2, 0.25) is 12.2 Å². The first-order valence-electron chi connectivity index (χ1n) is 8.59. The van der Waals surface area contributed by atoms with E-state index in [0.717, 1.165) is 5.56 Å². The average Bonchev–Trinajstić information content (AvgIpc) is 2.70. The Kier molecular flexibility index (Phi) is 4.77. The van der Waals surface area contributed by atoms with Crippen molar-refractivity contribution in [2.24, 2.45) is 0 Å². The lowest BCUT2D eigenvalue weighted by molar-refractivity contribution is -0.197. The van der Waals surface area contributed by atoms with Gasteiger partial charge in [-0.05, 0) is 19.4 Å². The van der Waals surface area contributed by atoms with E-state index >= 15 is 0 Å². The van der Waals surface area contributed by atoms with E-state index in [4.69, 9.17) is 9.47 Å². The molecule has 2 fully saturated rings. The molecular weight excluding hydrogens is 354 g/mol. The van der Waals surface area contributed by atoms with Crippen LogP contribution in [0.1, 0.15) is 39.7 Å². The minimum Gasteiger partial charge on any atom is -0.426 e. The Bertz CT molecular complexity index is 735. The van der Waals surface area contributed by atoms with Crippen molar-refractivity contribution in [3.05, 3.63) is 35.9 Å². The van der Waals surface area contributed by atoms with Crippen LogP contribution in [0.15, 0.2) is 30.3 Å². The molecule has 0 aromatic heterocycles. The maximum Gasteiger partial charge on any atom is 0.336 e. The Morgan fingerprint density at radius 1 is 1.27 bits per heavy atom. The van der Waals surface area contributed by atoms with Crippen LogP contribution < -0.4 is 0 Å². The largest absolute Gasteiger partial charge is 0.426 e. The van der Waals surface area contributed by atoms with Crippen LogP contribution in [-0.2, 0) is 30.3 Å². The van der Waals surface area contributed by atoms with Gasteiger partial charge in [0.25, 0.3) is 0 Å². The van der Waals surface area contributed by atoms with Crippen molar-refractivity contribution in [2.75, 3.05) is 0 Å². The van der Waals surface area contributed by atoms with Gasteiger partial charge in [0.15, 0.2) is 5.54 Å².